The van der Waals surface area contributed by atoms with E-state index in [1.165, 1.54) is 0 Å². The van der Waals surface area contributed by atoms with Gasteiger partial charge in [0.2, 0.25) is 0 Å². The average Bonchev–Trinajstić information content (AvgIpc) is 3.08. The van der Waals surface area contributed by atoms with Gasteiger partial charge in [0, 0.05) is 43.3 Å². The first-order valence-corrected chi connectivity index (χ1v) is 9.20. The zero-order chi connectivity index (χ0) is 19.0. The van der Waals surface area contributed by atoms with Crippen LogP contribution in [-0.2, 0) is 7.05 Å². The molecule has 1 fully saturated rings. The van der Waals surface area contributed by atoms with Crippen LogP contribution in [0.1, 0.15) is 45.0 Å². The summed E-state index contributed by atoms with van der Waals surface area (Å²) in [6, 6.07) is 14.9. The van der Waals surface area contributed by atoms with Crippen molar-refractivity contribution in [2.75, 3.05) is 13.1 Å². The van der Waals surface area contributed by atoms with Gasteiger partial charge >= 0.3 is 5.97 Å². The van der Waals surface area contributed by atoms with Gasteiger partial charge in [-0.15, -0.1) is 0 Å². The molecular formula is C22H22N2O3. The van der Waals surface area contributed by atoms with Crippen LogP contribution in [-0.4, -0.2) is 39.5 Å². The van der Waals surface area contributed by atoms with Crippen LogP contribution in [0.15, 0.2) is 54.7 Å². The molecule has 4 rings (SSSR count). The van der Waals surface area contributed by atoms with E-state index >= 15 is 0 Å². The molecule has 1 N–H and O–H groups in total. The number of aromatic nitrogens is 1. The zero-order valence-corrected chi connectivity index (χ0v) is 15.3. The number of aromatic carboxylic acids is 1. The van der Waals surface area contributed by atoms with E-state index in [1.54, 1.807) is 12.1 Å². The normalized spacial score (nSPS) is 17.2. The second-order valence-corrected chi connectivity index (χ2v) is 7.22. The molecule has 5 heteroatoms. The molecular weight excluding hydrogens is 340 g/mol. The SMILES string of the molecule is Cn1ccc2ccc(C(=O)N3CCCC(c4ccc(C(=O)O)cc4)C3)cc21. The average molecular weight is 362 g/mol. The van der Waals surface area contributed by atoms with Crippen molar-refractivity contribution in [3.8, 4) is 0 Å². The van der Waals surface area contributed by atoms with Crippen molar-refractivity contribution in [1.82, 2.24) is 9.47 Å². The molecule has 0 aliphatic carbocycles. The summed E-state index contributed by atoms with van der Waals surface area (Å²) in [6.45, 7) is 1.42. The number of rotatable bonds is 3. The molecule has 5 nitrogen and oxygen atoms in total. The van der Waals surface area contributed by atoms with Gasteiger partial charge in [0.05, 0.1) is 5.56 Å². The summed E-state index contributed by atoms with van der Waals surface area (Å²) in [5.74, 6) is -0.618. The molecule has 1 atom stereocenters. The molecule has 1 aliphatic rings. The summed E-state index contributed by atoms with van der Waals surface area (Å²) >= 11 is 0. The fourth-order valence-electron chi connectivity index (χ4n) is 3.91. The number of benzene rings is 2. The van der Waals surface area contributed by atoms with Gasteiger partial charge in [0.15, 0.2) is 0 Å². The molecule has 2 heterocycles. The van der Waals surface area contributed by atoms with E-state index in [2.05, 4.69) is 0 Å². The molecule has 0 bridgehead atoms. The number of carbonyl (C=O) groups excluding carboxylic acids is 1. The van der Waals surface area contributed by atoms with E-state index in [9.17, 15) is 9.59 Å². The van der Waals surface area contributed by atoms with Crippen LogP contribution in [0.25, 0.3) is 10.9 Å². The number of nitrogens with zero attached hydrogens (tertiary/aromatic N) is 2. The number of hydrogen-bond donors (Lipinski definition) is 1. The summed E-state index contributed by atoms with van der Waals surface area (Å²) < 4.78 is 2.02. The number of amides is 1. The van der Waals surface area contributed by atoms with Crippen molar-refractivity contribution in [3.05, 3.63) is 71.4 Å². The largest absolute Gasteiger partial charge is 0.478 e. The van der Waals surface area contributed by atoms with Crippen molar-refractivity contribution in [2.45, 2.75) is 18.8 Å². The Bertz CT molecular complexity index is 1000. The fraction of sp³-hybridized carbons (Fsp3) is 0.273. The van der Waals surface area contributed by atoms with E-state index in [4.69, 9.17) is 5.11 Å². The van der Waals surface area contributed by atoms with Crippen LogP contribution < -0.4 is 0 Å². The molecule has 1 aromatic heterocycles. The highest BCUT2D eigenvalue weighted by Gasteiger charge is 2.26. The van der Waals surface area contributed by atoms with Crippen LogP contribution >= 0.6 is 0 Å². The Morgan fingerprint density at radius 2 is 1.78 bits per heavy atom. The molecule has 1 unspecified atom stereocenters. The standard InChI is InChI=1S/C22H22N2O3/c1-23-12-10-16-6-9-18(13-20(16)23)21(25)24-11-2-3-19(14-24)15-4-7-17(8-5-15)22(26)27/h4-10,12-13,19H,2-3,11,14H2,1H3,(H,26,27). The zero-order valence-electron chi connectivity index (χ0n) is 15.3. The van der Waals surface area contributed by atoms with Gasteiger partial charge in [-0.2, -0.15) is 0 Å². The van der Waals surface area contributed by atoms with Crippen LogP contribution in [0, 0.1) is 0 Å². The van der Waals surface area contributed by atoms with Crippen LogP contribution in [0.4, 0.5) is 0 Å². The van der Waals surface area contributed by atoms with Crippen molar-refractivity contribution < 1.29 is 14.7 Å². The number of carboxylic acid groups (broad SMARTS) is 1. The second-order valence-electron chi connectivity index (χ2n) is 7.22. The molecule has 3 aromatic rings. The maximum Gasteiger partial charge on any atom is 0.335 e. The molecule has 27 heavy (non-hydrogen) atoms. The molecule has 138 valence electrons. The monoisotopic (exact) mass is 362 g/mol. The van der Waals surface area contributed by atoms with Gasteiger partial charge in [0.1, 0.15) is 0 Å². The van der Waals surface area contributed by atoms with Crippen molar-refractivity contribution in [2.24, 2.45) is 7.05 Å². The van der Waals surface area contributed by atoms with Crippen molar-refractivity contribution in [1.29, 1.82) is 0 Å². The van der Waals surface area contributed by atoms with Gasteiger partial charge < -0.3 is 14.6 Å². The summed E-state index contributed by atoms with van der Waals surface area (Å²) in [7, 11) is 1.98. The molecule has 1 saturated heterocycles. The lowest BCUT2D eigenvalue weighted by Gasteiger charge is -2.33. The number of hydrogen-bond acceptors (Lipinski definition) is 2. The Hall–Kier alpha value is -3.08. The molecule has 0 spiro atoms. The first kappa shape index (κ1) is 17.3. The lowest BCUT2D eigenvalue weighted by Crippen LogP contribution is -2.39. The quantitative estimate of drug-likeness (QED) is 0.769. The second kappa shape index (κ2) is 6.91. The maximum atomic E-state index is 13.0. The third kappa shape index (κ3) is 3.33. The highest BCUT2D eigenvalue weighted by Crippen LogP contribution is 2.28. The number of carboxylic acids is 1. The number of aryl methyl sites for hydroxylation is 1. The van der Waals surface area contributed by atoms with E-state index in [1.807, 2.05) is 59.1 Å². The summed E-state index contributed by atoms with van der Waals surface area (Å²) in [4.78, 5) is 26.0. The Kier molecular flexibility index (Phi) is 4.44. The van der Waals surface area contributed by atoms with Crippen LogP contribution in [0.5, 0.6) is 0 Å². The third-order valence-electron chi connectivity index (χ3n) is 5.47. The first-order valence-electron chi connectivity index (χ1n) is 9.20. The van der Waals surface area contributed by atoms with Crippen molar-refractivity contribution >= 4 is 22.8 Å². The third-order valence-corrected chi connectivity index (χ3v) is 5.47. The Morgan fingerprint density at radius 3 is 2.52 bits per heavy atom. The van der Waals surface area contributed by atoms with Gasteiger partial charge in [-0.05, 0) is 54.1 Å². The van der Waals surface area contributed by atoms with Gasteiger partial charge in [0.25, 0.3) is 5.91 Å². The number of carbonyl (C=O) groups is 2. The van der Waals surface area contributed by atoms with Crippen molar-refractivity contribution in [3.63, 3.8) is 0 Å². The van der Waals surface area contributed by atoms with E-state index in [0.29, 0.717) is 17.7 Å². The topological polar surface area (TPSA) is 62.5 Å². The number of piperidine rings is 1. The summed E-state index contributed by atoms with van der Waals surface area (Å²) in [5.41, 5.74) is 3.15. The molecule has 1 amide bonds. The predicted molar refractivity (Wildman–Crippen MR) is 104 cm³/mol. The first-order chi connectivity index (χ1) is 13.0. The van der Waals surface area contributed by atoms with E-state index < -0.39 is 5.97 Å². The lowest BCUT2D eigenvalue weighted by atomic mass is 9.90. The van der Waals surface area contributed by atoms with Gasteiger partial charge in [-0.25, -0.2) is 4.79 Å². The minimum atomic E-state index is -0.918. The molecule has 2 aromatic carbocycles. The maximum absolute atomic E-state index is 13.0. The van der Waals surface area contributed by atoms with E-state index in [0.717, 1.165) is 35.9 Å². The van der Waals surface area contributed by atoms with Gasteiger partial charge in [-0.3, -0.25) is 4.79 Å². The highest BCUT2D eigenvalue weighted by atomic mass is 16.4. The number of likely N-dealkylation sites (tertiary alicyclic amines) is 1. The Balaban J connectivity index is 1.53. The lowest BCUT2D eigenvalue weighted by molar-refractivity contribution is 0.0693. The molecule has 0 saturated carbocycles. The summed E-state index contributed by atoms with van der Waals surface area (Å²) in [5, 5.41) is 10.2. The Morgan fingerprint density at radius 1 is 1.04 bits per heavy atom. The smallest absolute Gasteiger partial charge is 0.335 e. The summed E-state index contributed by atoms with van der Waals surface area (Å²) in [6.07, 6.45) is 3.95. The van der Waals surface area contributed by atoms with Crippen LogP contribution in [0.2, 0.25) is 0 Å². The molecule has 1 aliphatic heterocycles. The highest BCUT2D eigenvalue weighted by molar-refractivity contribution is 5.98. The predicted octanol–water partition coefficient (Wildman–Crippen LogP) is 3.90. The number of fused-ring (bicyclic) bond motifs is 1. The van der Waals surface area contributed by atoms with Crippen LogP contribution in [0.3, 0.4) is 0 Å². The molecule has 0 radical (unpaired) electrons. The fourth-order valence-corrected chi connectivity index (χ4v) is 3.91. The minimum Gasteiger partial charge on any atom is -0.478 e. The van der Waals surface area contributed by atoms with Gasteiger partial charge in [-0.1, -0.05) is 18.2 Å². The minimum absolute atomic E-state index is 0.0601. The van der Waals surface area contributed by atoms with E-state index in [-0.39, 0.29) is 11.8 Å². The Labute approximate surface area is 157 Å².